The van der Waals surface area contributed by atoms with Gasteiger partial charge in [-0.3, -0.25) is 4.90 Å². The first kappa shape index (κ1) is 14.0. The second-order valence-electron chi connectivity index (χ2n) is 5.62. The standard InChI is InChI=1S/C14H30N2/c1-6-13(7-2)12(5)16-9-8-15-14(10-16)11(3)4/h11-15H,6-10H2,1-5H3. The third-order valence-electron chi connectivity index (χ3n) is 4.35. The molecule has 2 atom stereocenters. The highest BCUT2D eigenvalue weighted by Crippen LogP contribution is 2.20. The van der Waals surface area contributed by atoms with E-state index in [0.717, 1.165) is 24.4 Å². The van der Waals surface area contributed by atoms with Crippen molar-refractivity contribution in [2.75, 3.05) is 19.6 Å². The maximum absolute atomic E-state index is 3.64. The van der Waals surface area contributed by atoms with Gasteiger partial charge in [0.2, 0.25) is 0 Å². The first-order valence-electron chi connectivity index (χ1n) is 7.07. The van der Waals surface area contributed by atoms with Crippen molar-refractivity contribution in [3.63, 3.8) is 0 Å². The Morgan fingerprint density at radius 1 is 1.19 bits per heavy atom. The molecular formula is C14H30N2. The third kappa shape index (κ3) is 3.46. The maximum Gasteiger partial charge on any atom is 0.0218 e. The molecule has 2 nitrogen and oxygen atoms in total. The Kier molecular flexibility index (Phi) is 5.77. The van der Waals surface area contributed by atoms with Crippen molar-refractivity contribution in [2.45, 2.75) is 59.5 Å². The highest BCUT2D eigenvalue weighted by molar-refractivity contribution is 4.85. The van der Waals surface area contributed by atoms with E-state index >= 15 is 0 Å². The summed E-state index contributed by atoms with van der Waals surface area (Å²) in [5.41, 5.74) is 0. The zero-order chi connectivity index (χ0) is 12.1. The van der Waals surface area contributed by atoms with Gasteiger partial charge in [-0.25, -0.2) is 0 Å². The minimum Gasteiger partial charge on any atom is -0.311 e. The fourth-order valence-electron chi connectivity index (χ4n) is 2.89. The van der Waals surface area contributed by atoms with E-state index in [0.29, 0.717) is 6.04 Å². The van der Waals surface area contributed by atoms with Gasteiger partial charge in [0.05, 0.1) is 0 Å². The zero-order valence-corrected chi connectivity index (χ0v) is 11.8. The lowest BCUT2D eigenvalue weighted by molar-refractivity contribution is 0.0972. The van der Waals surface area contributed by atoms with Gasteiger partial charge in [0.1, 0.15) is 0 Å². The average molecular weight is 226 g/mol. The number of rotatable bonds is 5. The summed E-state index contributed by atoms with van der Waals surface area (Å²) in [5, 5.41) is 3.64. The molecule has 0 aromatic rings. The van der Waals surface area contributed by atoms with E-state index in [1.807, 2.05) is 0 Å². The third-order valence-corrected chi connectivity index (χ3v) is 4.35. The van der Waals surface area contributed by atoms with Gasteiger partial charge < -0.3 is 5.32 Å². The van der Waals surface area contributed by atoms with Gasteiger partial charge in [-0.05, 0) is 18.8 Å². The lowest BCUT2D eigenvalue weighted by atomic mass is 9.92. The Bertz CT molecular complexity index is 187. The van der Waals surface area contributed by atoms with Crippen LogP contribution in [-0.2, 0) is 0 Å². The molecule has 0 saturated carbocycles. The molecule has 1 aliphatic heterocycles. The molecule has 0 amide bonds. The molecule has 2 unspecified atom stereocenters. The van der Waals surface area contributed by atoms with Crippen LogP contribution in [0.15, 0.2) is 0 Å². The van der Waals surface area contributed by atoms with E-state index in [1.165, 1.54) is 25.9 Å². The van der Waals surface area contributed by atoms with E-state index in [1.54, 1.807) is 0 Å². The molecule has 1 rings (SSSR count). The van der Waals surface area contributed by atoms with E-state index in [-0.39, 0.29) is 0 Å². The topological polar surface area (TPSA) is 15.3 Å². The Balaban J connectivity index is 2.52. The van der Waals surface area contributed by atoms with Gasteiger partial charge >= 0.3 is 0 Å². The molecule has 0 bridgehead atoms. The maximum atomic E-state index is 3.64. The number of hydrogen-bond acceptors (Lipinski definition) is 2. The van der Waals surface area contributed by atoms with Crippen molar-refractivity contribution in [3.8, 4) is 0 Å². The van der Waals surface area contributed by atoms with Crippen LogP contribution in [0, 0.1) is 11.8 Å². The average Bonchev–Trinajstić information content (AvgIpc) is 2.30. The molecule has 0 aromatic heterocycles. The van der Waals surface area contributed by atoms with Crippen molar-refractivity contribution in [1.29, 1.82) is 0 Å². The summed E-state index contributed by atoms with van der Waals surface area (Å²) < 4.78 is 0. The van der Waals surface area contributed by atoms with Crippen LogP contribution in [0.3, 0.4) is 0 Å². The van der Waals surface area contributed by atoms with Crippen LogP contribution >= 0.6 is 0 Å². The second kappa shape index (κ2) is 6.61. The molecule has 16 heavy (non-hydrogen) atoms. The van der Waals surface area contributed by atoms with Crippen LogP contribution in [0.2, 0.25) is 0 Å². The molecule has 1 fully saturated rings. The number of nitrogens with one attached hydrogen (secondary N) is 1. The van der Waals surface area contributed by atoms with Crippen LogP contribution < -0.4 is 5.32 Å². The molecular weight excluding hydrogens is 196 g/mol. The monoisotopic (exact) mass is 226 g/mol. The summed E-state index contributed by atoms with van der Waals surface area (Å²) in [7, 11) is 0. The highest BCUT2D eigenvalue weighted by atomic mass is 15.2. The molecule has 1 aliphatic rings. The first-order chi connectivity index (χ1) is 7.60. The minimum atomic E-state index is 0.686. The predicted octanol–water partition coefficient (Wildman–Crippen LogP) is 2.74. The van der Waals surface area contributed by atoms with E-state index in [4.69, 9.17) is 0 Å². The number of nitrogens with zero attached hydrogens (tertiary/aromatic N) is 1. The molecule has 1 saturated heterocycles. The van der Waals surface area contributed by atoms with Crippen LogP contribution in [0.4, 0.5) is 0 Å². The van der Waals surface area contributed by atoms with Crippen molar-refractivity contribution in [1.82, 2.24) is 10.2 Å². The Morgan fingerprint density at radius 3 is 2.31 bits per heavy atom. The van der Waals surface area contributed by atoms with Crippen LogP contribution in [0.25, 0.3) is 0 Å². The van der Waals surface area contributed by atoms with Crippen molar-refractivity contribution in [3.05, 3.63) is 0 Å². The van der Waals surface area contributed by atoms with Crippen molar-refractivity contribution in [2.24, 2.45) is 11.8 Å². The molecule has 2 heteroatoms. The van der Waals surface area contributed by atoms with Crippen molar-refractivity contribution < 1.29 is 0 Å². The van der Waals surface area contributed by atoms with Gasteiger partial charge in [-0.15, -0.1) is 0 Å². The fourth-order valence-corrected chi connectivity index (χ4v) is 2.89. The molecule has 0 radical (unpaired) electrons. The van der Waals surface area contributed by atoms with E-state index in [2.05, 4.69) is 44.8 Å². The van der Waals surface area contributed by atoms with Gasteiger partial charge in [0.15, 0.2) is 0 Å². The second-order valence-corrected chi connectivity index (χ2v) is 5.62. The van der Waals surface area contributed by atoms with Gasteiger partial charge in [0.25, 0.3) is 0 Å². The summed E-state index contributed by atoms with van der Waals surface area (Å²) in [6, 6.07) is 1.43. The Morgan fingerprint density at radius 2 is 1.81 bits per heavy atom. The van der Waals surface area contributed by atoms with Gasteiger partial charge in [0, 0.05) is 31.7 Å². The lowest BCUT2D eigenvalue weighted by Crippen LogP contribution is -2.56. The Labute approximate surface area is 102 Å². The summed E-state index contributed by atoms with van der Waals surface area (Å²) in [6.45, 7) is 15.3. The van der Waals surface area contributed by atoms with Crippen LogP contribution in [0.1, 0.15) is 47.5 Å². The quantitative estimate of drug-likeness (QED) is 0.775. The fraction of sp³-hybridized carbons (Fsp3) is 1.00. The van der Waals surface area contributed by atoms with Gasteiger partial charge in [-0.1, -0.05) is 40.5 Å². The Hall–Kier alpha value is -0.0800. The summed E-state index contributed by atoms with van der Waals surface area (Å²) >= 11 is 0. The van der Waals surface area contributed by atoms with Crippen LogP contribution in [-0.4, -0.2) is 36.6 Å². The predicted molar refractivity (Wildman–Crippen MR) is 71.7 cm³/mol. The summed E-state index contributed by atoms with van der Waals surface area (Å²) in [5.74, 6) is 1.61. The smallest absolute Gasteiger partial charge is 0.0218 e. The zero-order valence-electron chi connectivity index (χ0n) is 11.8. The highest BCUT2D eigenvalue weighted by Gasteiger charge is 2.27. The first-order valence-corrected chi connectivity index (χ1v) is 7.07. The molecule has 0 spiro atoms. The number of piperazine rings is 1. The minimum absolute atomic E-state index is 0.686. The van der Waals surface area contributed by atoms with Gasteiger partial charge in [-0.2, -0.15) is 0 Å². The van der Waals surface area contributed by atoms with Crippen LogP contribution in [0.5, 0.6) is 0 Å². The van der Waals surface area contributed by atoms with E-state index < -0.39 is 0 Å². The van der Waals surface area contributed by atoms with Crippen molar-refractivity contribution >= 4 is 0 Å². The summed E-state index contributed by atoms with van der Waals surface area (Å²) in [4.78, 5) is 2.69. The summed E-state index contributed by atoms with van der Waals surface area (Å²) in [6.07, 6.45) is 2.63. The molecule has 1 heterocycles. The normalized spacial score (nSPS) is 25.3. The lowest BCUT2D eigenvalue weighted by Gasteiger charge is -2.41. The molecule has 0 aliphatic carbocycles. The van der Waals surface area contributed by atoms with E-state index in [9.17, 15) is 0 Å². The molecule has 1 N–H and O–H groups in total. The largest absolute Gasteiger partial charge is 0.311 e. The SMILES string of the molecule is CCC(CC)C(C)N1CCNC(C(C)C)C1. The molecule has 0 aromatic carbocycles. The number of hydrogen-bond donors (Lipinski definition) is 1. The molecule has 96 valence electrons.